The number of para-hydroxylation sites is 1. The summed E-state index contributed by atoms with van der Waals surface area (Å²) in [4.78, 5) is 15.6. The second kappa shape index (κ2) is 8.79. The van der Waals surface area contributed by atoms with Gasteiger partial charge in [0.05, 0.1) is 12.9 Å². The molecule has 112 valence electrons. The van der Waals surface area contributed by atoms with Gasteiger partial charge >= 0.3 is 0 Å². The summed E-state index contributed by atoms with van der Waals surface area (Å²) >= 11 is 0. The fourth-order valence-corrected chi connectivity index (χ4v) is 1.94. The smallest absolute Gasteiger partial charge is 0.220 e. The maximum atomic E-state index is 11.6. The molecule has 2 aromatic rings. The Balaban J connectivity index is 1.48. The molecule has 1 heterocycles. The van der Waals surface area contributed by atoms with Crippen molar-refractivity contribution in [3.63, 3.8) is 0 Å². The van der Waals surface area contributed by atoms with Crippen molar-refractivity contribution in [2.24, 2.45) is 0 Å². The molecule has 5 heteroatoms. The summed E-state index contributed by atoms with van der Waals surface area (Å²) in [6, 6.07) is 9.64. The first kappa shape index (κ1) is 15.1. The van der Waals surface area contributed by atoms with Gasteiger partial charge in [-0.3, -0.25) is 4.79 Å². The summed E-state index contributed by atoms with van der Waals surface area (Å²) < 4.78 is 7.54. The van der Waals surface area contributed by atoms with Gasteiger partial charge in [0.15, 0.2) is 0 Å². The molecule has 1 aromatic heterocycles. The highest BCUT2D eigenvalue weighted by atomic mass is 16.5. The molecule has 0 saturated heterocycles. The first-order chi connectivity index (χ1) is 10.3. The molecule has 0 atom stereocenters. The first-order valence-corrected chi connectivity index (χ1v) is 7.25. The summed E-state index contributed by atoms with van der Waals surface area (Å²) in [7, 11) is 0. The van der Waals surface area contributed by atoms with Gasteiger partial charge in [-0.1, -0.05) is 18.2 Å². The number of aromatic nitrogens is 2. The Hall–Kier alpha value is -2.30. The largest absolute Gasteiger partial charge is 0.494 e. The summed E-state index contributed by atoms with van der Waals surface area (Å²) in [5.74, 6) is 0.926. The molecule has 0 bridgehead atoms. The number of nitrogens with one attached hydrogen (secondary N) is 1. The van der Waals surface area contributed by atoms with Crippen LogP contribution >= 0.6 is 0 Å². The molecule has 0 unspecified atom stereocenters. The van der Waals surface area contributed by atoms with Crippen molar-refractivity contribution in [2.75, 3.05) is 13.2 Å². The molecule has 0 aliphatic carbocycles. The predicted molar refractivity (Wildman–Crippen MR) is 81.0 cm³/mol. The fraction of sp³-hybridized carbons (Fsp3) is 0.375. The number of rotatable bonds is 9. The topological polar surface area (TPSA) is 56.1 Å². The Morgan fingerprint density at radius 1 is 1.24 bits per heavy atom. The zero-order valence-corrected chi connectivity index (χ0v) is 12.1. The van der Waals surface area contributed by atoms with Gasteiger partial charge in [-0.2, -0.15) is 0 Å². The number of ether oxygens (including phenoxy) is 1. The minimum atomic E-state index is 0.0808. The Labute approximate surface area is 125 Å². The van der Waals surface area contributed by atoms with Crippen molar-refractivity contribution in [2.45, 2.75) is 25.8 Å². The number of hydrogen-bond donors (Lipinski definition) is 1. The van der Waals surface area contributed by atoms with E-state index >= 15 is 0 Å². The molecular weight excluding hydrogens is 266 g/mol. The van der Waals surface area contributed by atoms with Crippen LogP contribution in [0.15, 0.2) is 49.1 Å². The van der Waals surface area contributed by atoms with Crippen molar-refractivity contribution < 1.29 is 9.53 Å². The Morgan fingerprint density at radius 3 is 2.86 bits per heavy atom. The highest BCUT2D eigenvalue weighted by molar-refractivity contribution is 5.75. The molecule has 21 heavy (non-hydrogen) atoms. The highest BCUT2D eigenvalue weighted by Gasteiger charge is 2.01. The van der Waals surface area contributed by atoms with Gasteiger partial charge in [-0.25, -0.2) is 4.98 Å². The van der Waals surface area contributed by atoms with Crippen LogP contribution in [0.2, 0.25) is 0 Å². The number of carbonyl (C=O) groups is 1. The minimum absolute atomic E-state index is 0.0808. The van der Waals surface area contributed by atoms with Gasteiger partial charge in [0, 0.05) is 31.9 Å². The maximum Gasteiger partial charge on any atom is 0.220 e. The number of aryl methyl sites for hydroxylation is 1. The number of benzene rings is 1. The van der Waals surface area contributed by atoms with Gasteiger partial charge in [-0.05, 0) is 25.0 Å². The van der Waals surface area contributed by atoms with Crippen LogP contribution in [0, 0.1) is 0 Å². The van der Waals surface area contributed by atoms with E-state index in [2.05, 4.69) is 10.3 Å². The molecule has 0 radical (unpaired) electrons. The second-order valence-electron chi connectivity index (χ2n) is 4.77. The molecule has 0 spiro atoms. The van der Waals surface area contributed by atoms with Crippen LogP contribution in [-0.4, -0.2) is 28.6 Å². The van der Waals surface area contributed by atoms with Crippen LogP contribution < -0.4 is 10.1 Å². The number of nitrogens with zero attached hydrogens (tertiary/aromatic N) is 2. The molecule has 5 nitrogen and oxygen atoms in total. The van der Waals surface area contributed by atoms with Gasteiger partial charge in [0.2, 0.25) is 5.91 Å². The molecule has 1 aromatic carbocycles. The number of amides is 1. The van der Waals surface area contributed by atoms with E-state index in [4.69, 9.17) is 4.74 Å². The first-order valence-electron chi connectivity index (χ1n) is 7.25. The molecule has 0 aliphatic heterocycles. The van der Waals surface area contributed by atoms with Crippen molar-refractivity contribution in [3.8, 4) is 5.75 Å². The number of hydrogen-bond acceptors (Lipinski definition) is 3. The monoisotopic (exact) mass is 287 g/mol. The Bertz CT molecular complexity index is 512. The molecule has 0 aliphatic rings. The van der Waals surface area contributed by atoms with Gasteiger partial charge in [0.1, 0.15) is 5.75 Å². The predicted octanol–water partition coefficient (Wildman–Crippen LogP) is 2.25. The minimum Gasteiger partial charge on any atom is -0.494 e. The normalized spacial score (nSPS) is 10.3. The third-order valence-electron chi connectivity index (χ3n) is 3.03. The second-order valence-corrected chi connectivity index (χ2v) is 4.77. The van der Waals surface area contributed by atoms with E-state index < -0.39 is 0 Å². The van der Waals surface area contributed by atoms with Gasteiger partial charge in [-0.15, -0.1) is 0 Å². The molecule has 1 N–H and O–H groups in total. The lowest BCUT2D eigenvalue weighted by Gasteiger charge is -2.07. The number of imidazole rings is 1. The summed E-state index contributed by atoms with van der Waals surface area (Å²) in [6.07, 6.45) is 7.58. The zero-order valence-electron chi connectivity index (χ0n) is 12.1. The third kappa shape index (κ3) is 6.12. The van der Waals surface area contributed by atoms with Crippen LogP contribution in [-0.2, 0) is 11.3 Å². The Kier molecular flexibility index (Phi) is 6.32. The molecule has 1 amide bonds. The summed E-state index contributed by atoms with van der Waals surface area (Å²) in [5, 5.41) is 2.92. The molecular formula is C16H21N3O2. The Morgan fingerprint density at radius 2 is 2.10 bits per heavy atom. The molecule has 0 fully saturated rings. The standard InChI is InChI=1S/C16H21N3O2/c20-16(18-9-5-11-19-12-10-17-14-19)8-4-13-21-15-6-2-1-3-7-15/h1-3,6-7,10,12,14H,4-5,8-9,11,13H2,(H,18,20). The van der Waals surface area contributed by atoms with Gasteiger partial charge < -0.3 is 14.6 Å². The lowest BCUT2D eigenvalue weighted by Crippen LogP contribution is -2.25. The lowest BCUT2D eigenvalue weighted by molar-refractivity contribution is -0.121. The summed E-state index contributed by atoms with van der Waals surface area (Å²) in [6.45, 7) is 2.13. The zero-order chi connectivity index (χ0) is 14.8. The van der Waals surface area contributed by atoms with E-state index in [1.165, 1.54) is 0 Å². The third-order valence-corrected chi connectivity index (χ3v) is 3.03. The molecule has 2 rings (SSSR count). The van der Waals surface area contributed by atoms with Gasteiger partial charge in [0.25, 0.3) is 0 Å². The van der Waals surface area contributed by atoms with Crippen LogP contribution in [0.25, 0.3) is 0 Å². The molecule has 0 saturated carbocycles. The SMILES string of the molecule is O=C(CCCOc1ccccc1)NCCCn1ccnc1. The lowest BCUT2D eigenvalue weighted by atomic mass is 10.3. The van der Waals surface area contributed by atoms with E-state index in [0.29, 0.717) is 19.6 Å². The fourth-order valence-electron chi connectivity index (χ4n) is 1.94. The van der Waals surface area contributed by atoms with E-state index in [0.717, 1.165) is 25.1 Å². The average molecular weight is 287 g/mol. The van der Waals surface area contributed by atoms with E-state index in [1.54, 1.807) is 12.5 Å². The highest BCUT2D eigenvalue weighted by Crippen LogP contribution is 2.08. The van der Waals surface area contributed by atoms with Crippen LogP contribution in [0.4, 0.5) is 0 Å². The quantitative estimate of drug-likeness (QED) is 0.720. The van der Waals surface area contributed by atoms with E-state index in [1.807, 2.05) is 41.1 Å². The number of carbonyl (C=O) groups excluding carboxylic acids is 1. The van der Waals surface area contributed by atoms with Crippen LogP contribution in [0.5, 0.6) is 5.75 Å². The van der Waals surface area contributed by atoms with Crippen LogP contribution in [0.3, 0.4) is 0 Å². The van der Waals surface area contributed by atoms with Crippen molar-refractivity contribution >= 4 is 5.91 Å². The average Bonchev–Trinajstić information content (AvgIpc) is 3.02. The van der Waals surface area contributed by atoms with Crippen molar-refractivity contribution in [1.82, 2.24) is 14.9 Å². The van der Waals surface area contributed by atoms with E-state index in [-0.39, 0.29) is 5.91 Å². The summed E-state index contributed by atoms with van der Waals surface area (Å²) in [5.41, 5.74) is 0. The van der Waals surface area contributed by atoms with Crippen molar-refractivity contribution in [1.29, 1.82) is 0 Å². The van der Waals surface area contributed by atoms with Crippen molar-refractivity contribution in [3.05, 3.63) is 49.1 Å². The van der Waals surface area contributed by atoms with Crippen LogP contribution in [0.1, 0.15) is 19.3 Å². The van der Waals surface area contributed by atoms with E-state index in [9.17, 15) is 4.79 Å². The maximum absolute atomic E-state index is 11.6.